The molecule has 0 aliphatic rings. The van der Waals surface area contributed by atoms with Crippen LogP contribution < -0.4 is 4.74 Å². The lowest BCUT2D eigenvalue weighted by molar-refractivity contribution is 0.104. The molecular formula is C27H32O4. The molecular weight excluding hydrogens is 388 g/mol. The number of carbonyl (C=O) groups is 1. The number of ketones is 1. The normalized spacial score (nSPS) is 12.0. The summed E-state index contributed by atoms with van der Waals surface area (Å²) >= 11 is 0. The van der Waals surface area contributed by atoms with Crippen LogP contribution in [0.2, 0.25) is 0 Å². The standard InChI is InChI=1S/C27H32O4/c1-8-26(4,5)21-17-19(13-16-22(29)18-11-14-20(28)15-12-18)25(31-10-3)23(24(21)30)27(6,7)9-2/h8-9,11-17,28,30H,1-2,10H2,3-7H3. The minimum atomic E-state index is -0.578. The second-order valence-electron chi connectivity index (χ2n) is 8.60. The van der Waals surface area contributed by atoms with Crippen LogP contribution in [0.1, 0.15) is 61.7 Å². The third kappa shape index (κ3) is 5.08. The molecule has 0 unspecified atom stereocenters. The van der Waals surface area contributed by atoms with Crippen molar-refractivity contribution in [1.29, 1.82) is 0 Å². The molecule has 4 nitrogen and oxygen atoms in total. The first-order valence-corrected chi connectivity index (χ1v) is 10.3. The SMILES string of the molecule is C=CC(C)(C)c1cc(C=CC(=O)c2ccc(O)cc2)c(OCC)c(C(C)(C)C=C)c1O. The van der Waals surface area contributed by atoms with Crippen LogP contribution in [0.15, 0.2) is 61.7 Å². The van der Waals surface area contributed by atoms with Gasteiger partial charge in [-0.3, -0.25) is 4.79 Å². The van der Waals surface area contributed by atoms with Gasteiger partial charge in [0, 0.05) is 33.1 Å². The zero-order valence-corrected chi connectivity index (χ0v) is 19.0. The maximum absolute atomic E-state index is 12.7. The van der Waals surface area contributed by atoms with Crippen LogP contribution in [0, 0.1) is 0 Å². The molecule has 0 saturated heterocycles. The summed E-state index contributed by atoms with van der Waals surface area (Å²) in [6.07, 6.45) is 6.72. The minimum Gasteiger partial charge on any atom is -0.508 e. The predicted molar refractivity (Wildman–Crippen MR) is 127 cm³/mol. The Balaban J connectivity index is 2.74. The molecule has 0 aliphatic carbocycles. The predicted octanol–water partition coefficient (Wildman–Crippen LogP) is 6.32. The van der Waals surface area contributed by atoms with Crippen molar-refractivity contribution in [3.8, 4) is 17.2 Å². The zero-order chi connectivity index (χ0) is 23.4. The molecule has 0 amide bonds. The van der Waals surface area contributed by atoms with Gasteiger partial charge in [-0.2, -0.15) is 0 Å². The first kappa shape index (κ1) is 24.0. The molecule has 164 valence electrons. The number of phenols is 2. The lowest BCUT2D eigenvalue weighted by Gasteiger charge is -2.31. The summed E-state index contributed by atoms with van der Waals surface area (Å²) in [5, 5.41) is 20.7. The Morgan fingerprint density at radius 2 is 1.61 bits per heavy atom. The lowest BCUT2D eigenvalue weighted by atomic mass is 9.76. The van der Waals surface area contributed by atoms with Gasteiger partial charge in [-0.15, -0.1) is 13.2 Å². The van der Waals surface area contributed by atoms with E-state index in [1.54, 1.807) is 30.4 Å². The van der Waals surface area contributed by atoms with Gasteiger partial charge in [0.05, 0.1) is 6.61 Å². The van der Waals surface area contributed by atoms with Crippen LogP contribution in [-0.4, -0.2) is 22.6 Å². The lowest BCUT2D eigenvalue weighted by Crippen LogP contribution is -2.20. The third-order valence-corrected chi connectivity index (χ3v) is 5.49. The summed E-state index contributed by atoms with van der Waals surface area (Å²) < 4.78 is 5.96. The van der Waals surface area contributed by atoms with Crippen molar-refractivity contribution in [2.75, 3.05) is 6.61 Å². The first-order valence-electron chi connectivity index (χ1n) is 10.3. The maximum Gasteiger partial charge on any atom is 0.185 e. The van der Waals surface area contributed by atoms with Crippen molar-refractivity contribution >= 4 is 11.9 Å². The number of phenolic OH excluding ortho intramolecular Hbond substituents is 2. The fourth-order valence-corrected chi connectivity index (χ4v) is 3.29. The molecule has 0 bridgehead atoms. The van der Waals surface area contributed by atoms with Gasteiger partial charge in [0.2, 0.25) is 0 Å². The van der Waals surface area contributed by atoms with E-state index in [1.807, 2.05) is 40.7 Å². The topological polar surface area (TPSA) is 66.8 Å². The van der Waals surface area contributed by atoms with E-state index in [0.29, 0.717) is 34.6 Å². The molecule has 2 aromatic rings. The van der Waals surface area contributed by atoms with Crippen molar-refractivity contribution in [2.45, 2.75) is 45.4 Å². The second kappa shape index (κ2) is 9.25. The summed E-state index contributed by atoms with van der Waals surface area (Å²) in [5.41, 5.74) is 1.36. The van der Waals surface area contributed by atoms with Crippen LogP contribution >= 0.6 is 0 Å². The quantitative estimate of drug-likeness (QED) is 0.283. The first-order chi connectivity index (χ1) is 14.5. The molecule has 0 radical (unpaired) electrons. The van der Waals surface area contributed by atoms with E-state index < -0.39 is 10.8 Å². The molecule has 2 rings (SSSR count). The van der Waals surface area contributed by atoms with Crippen LogP contribution in [0.5, 0.6) is 17.2 Å². The van der Waals surface area contributed by atoms with Crippen molar-refractivity contribution in [3.05, 3.63) is 84.0 Å². The van der Waals surface area contributed by atoms with Gasteiger partial charge in [-0.1, -0.05) is 39.8 Å². The highest BCUT2D eigenvalue weighted by Gasteiger charge is 2.32. The minimum absolute atomic E-state index is 0.102. The summed E-state index contributed by atoms with van der Waals surface area (Å²) in [6, 6.07) is 7.93. The molecule has 0 saturated carbocycles. The number of benzene rings is 2. The molecule has 0 aliphatic heterocycles. The molecule has 2 aromatic carbocycles. The number of carbonyl (C=O) groups excluding carboxylic acids is 1. The Morgan fingerprint density at radius 1 is 1.03 bits per heavy atom. The van der Waals surface area contributed by atoms with E-state index in [-0.39, 0.29) is 17.3 Å². The number of rotatable bonds is 9. The second-order valence-corrected chi connectivity index (χ2v) is 8.60. The number of aromatic hydroxyl groups is 2. The van der Waals surface area contributed by atoms with Crippen LogP contribution in [0.25, 0.3) is 6.08 Å². The maximum atomic E-state index is 12.7. The average Bonchev–Trinajstić information content (AvgIpc) is 2.73. The highest BCUT2D eigenvalue weighted by molar-refractivity contribution is 6.07. The summed E-state index contributed by atoms with van der Waals surface area (Å²) in [7, 11) is 0. The van der Waals surface area contributed by atoms with Gasteiger partial charge in [-0.05, 0) is 49.4 Å². The number of hydrogen-bond acceptors (Lipinski definition) is 4. The van der Waals surface area contributed by atoms with Crippen molar-refractivity contribution in [3.63, 3.8) is 0 Å². The van der Waals surface area contributed by atoms with Gasteiger partial charge >= 0.3 is 0 Å². The van der Waals surface area contributed by atoms with Gasteiger partial charge in [0.15, 0.2) is 5.78 Å². The highest BCUT2D eigenvalue weighted by atomic mass is 16.5. The molecule has 0 atom stereocenters. The Morgan fingerprint density at radius 3 is 2.13 bits per heavy atom. The van der Waals surface area contributed by atoms with E-state index in [9.17, 15) is 15.0 Å². The number of ether oxygens (including phenoxy) is 1. The summed E-state index contributed by atoms with van der Waals surface area (Å²) in [5.74, 6) is 0.554. The van der Waals surface area contributed by atoms with Crippen molar-refractivity contribution in [1.82, 2.24) is 0 Å². The van der Waals surface area contributed by atoms with Crippen LogP contribution in [-0.2, 0) is 10.8 Å². The summed E-state index contributed by atoms with van der Waals surface area (Å²) in [4.78, 5) is 12.7. The van der Waals surface area contributed by atoms with Gasteiger partial charge in [-0.25, -0.2) is 0 Å². The smallest absolute Gasteiger partial charge is 0.185 e. The van der Waals surface area contributed by atoms with E-state index in [4.69, 9.17) is 4.74 Å². The van der Waals surface area contributed by atoms with Gasteiger partial charge in [0.25, 0.3) is 0 Å². The number of hydrogen-bond donors (Lipinski definition) is 2. The van der Waals surface area contributed by atoms with E-state index in [0.717, 1.165) is 0 Å². The highest BCUT2D eigenvalue weighted by Crippen LogP contribution is 2.47. The molecule has 0 aromatic heterocycles. The van der Waals surface area contributed by atoms with Gasteiger partial charge < -0.3 is 14.9 Å². The molecule has 0 fully saturated rings. The Hall–Kier alpha value is -3.27. The van der Waals surface area contributed by atoms with E-state index >= 15 is 0 Å². The Bertz CT molecular complexity index is 1010. The molecule has 0 spiro atoms. The zero-order valence-electron chi connectivity index (χ0n) is 19.0. The average molecular weight is 421 g/mol. The molecule has 4 heteroatoms. The molecule has 2 N–H and O–H groups in total. The van der Waals surface area contributed by atoms with Gasteiger partial charge in [0.1, 0.15) is 17.2 Å². The third-order valence-electron chi connectivity index (χ3n) is 5.49. The molecule has 31 heavy (non-hydrogen) atoms. The van der Waals surface area contributed by atoms with E-state index in [2.05, 4.69) is 13.2 Å². The van der Waals surface area contributed by atoms with Crippen LogP contribution in [0.4, 0.5) is 0 Å². The Kier molecular flexibility index (Phi) is 7.17. The van der Waals surface area contributed by atoms with E-state index in [1.165, 1.54) is 18.2 Å². The monoisotopic (exact) mass is 420 g/mol. The largest absolute Gasteiger partial charge is 0.508 e. The Labute approximate surface area is 185 Å². The van der Waals surface area contributed by atoms with Crippen molar-refractivity contribution in [2.24, 2.45) is 0 Å². The fourth-order valence-electron chi connectivity index (χ4n) is 3.29. The van der Waals surface area contributed by atoms with Crippen LogP contribution in [0.3, 0.4) is 0 Å². The summed E-state index contributed by atoms with van der Waals surface area (Å²) in [6.45, 7) is 18.0. The number of allylic oxidation sites excluding steroid dienone is 3. The molecule has 0 heterocycles. The fraction of sp³-hybridized carbons (Fsp3) is 0.296. The van der Waals surface area contributed by atoms with Crippen molar-refractivity contribution < 1.29 is 19.7 Å².